The van der Waals surface area contributed by atoms with E-state index in [-0.39, 0.29) is 0 Å². The van der Waals surface area contributed by atoms with Gasteiger partial charge in [0.05, 0.1) is 5.71 Å². The van der Waals surface area contributed by atoms with E-state index < -0.39 is 6.09 Å². The first kappa shape index (κ1) is 12.2. The number of hydrogen-bond donors (Lipinski definition) is 1. The van der Waals surface area contributed by atoms with Gasteiger partial charge in [0, 0.05) is 5.69 Å². The van der Waals surface area contributed by atoms with E-state index in [9.17, 15) is 4.79 Å². The summed E-state index contributed by atoms with van der Waals surface area (Å²) >= 11 is 0. The van der Waals surface area contributed by atoms with Crippen LogP contribution in [0.25, 0.3) is 0 Å². The van der Waals surface area contributed by atoms with Crippen LogP contribution in [0.3, 0.4) is 0 Å². The highest BCUT2D eigenvalue weighted by molar-refractivity contribution is 5.86. The Morgan fingerprint density at radius 2 is 1.75 bits per heavy atom. The fourth-order valence-corrected chi connectivity index (χ4v) is 1.32. The maximum Gasteiger partial charge on any atom is 0.437 e. The molecule has 0 heterocycles. The molecular weight excluding hydrogens is 204 g/mol. The van der Waals surface area contributed by atoms with E-state index in [4.69, 9.17) is 0 Å². The van der Waals surface area contributed by atoms with E-state index in [1.807, 2.05) is 32.0 Å². The molecule has 0 unspecified atom stereocenters. The van der Waals surface area contributed by atoms with Crippen molar-refractivity contribution >= 4 is 17.5 Å². The zero-order valence-electron chi connectivity index (χ0n) is 10.00. The molecule has 0 aliphatic carbocycles. The molecule has 0 spiro atoms. The van der Waals surface area contributed by atoms with Crippen LogP contribution in [0, 0.1) is 13.8 Å². The van der Waals surface area contributed by atoms with Crippen molar-refractivity contribution in [3.8, 4) is 0 Å². The van der Waals surface area contributed by atoms with Gasteiger partial charge in [-0.05, 0) is 51.0 Å². The lowest BCUT2D eigenvalue weighted by molar-refractivity contribution is 0.166. The highest BCUT2D eigenvalue weighted by Crippen LogP contribution is 2.13. The summed E-state index contributed by atoms with van der Waals surface area (Å²) in [5, 5.41) is 6.18. The van der Waals surface area contributed by atoms with Crippen LogP contribution in [0.4, 0.5) is 10.5 Å². The summed E-state index contributed by atoms with van der Waals surface area (Å²) in [6.07, 6.45) is -0.578. The first-order valence-electron chi connectivity index (χ1n) is 5.05. The first-order valence-corrected chi connectivity index (χ1v) is 5.05. The number of hydrogen-bond acceptors (Lipinski definition) is 3. The van der Waals surface area contributed by atoms with E-state index >= 15 is 0 Å². The van der Waals surface area contributed by atoms with Gasteiger partial charge in [0.15, 0.2) is 0 Å². The predicted octanol–water partition coefficient (Wildman–Crippen LogP) is 3.25. The Kier molecular flexibility index (Phi) is 4.05. The molecule has 1 amide bonds. The molecule has 4 heteroatoms. The second-order valence-corrected chi connectivity index (χ2v) is 3.92. The molecule has 0 saturated carbocycles. The molecule has 0 bridgehead atoms. The van der Waals surface area contributed by atoms with Crippen molar-refractivity contribution in [3.63, 3.8) is 0 Å². The number of nitrogens with one attached hydrogen (secondary N) is 1. The monoisotopic (exact) mass is 220 g/mol. The number of anilines is 1. The SMILES string of the molecule is CC(C)=NOC(=O)Nc1cc(C)cc(C)c1. The number of oxime groups is 1. The number of benzene rings is 1. The van der Waals surface area contributed by atoms with Gasteiger partial charge in [-0.1, -0.05) is 11.2 Å². The summed E-state index contributed by atoms with van der Waals surface area (Å²) in [5.74, 6) is 0. The third-order valence-electron chi connectivity index (χ3n) is 1.78. The van der Waals surface area contributed by atoms with Gasteiger partial charge in [-0.25, -0.2) is 4.79 Å². The Bertz CT molecular complexity index is 401. The molecule has 0 aliphatic rings. The summed E-state index contributed by atoms with van der Waals surface area (Å²) in [6, 6.07) is 5.78. The summed E-state index contributed by atoms with van der Waals surface area (Å²) in [7, 11) is 0. The van der Waals surface area contributed by atoms with Gasteiger partial charge in [0.1, 0.15) is 0 Å². The van der Waals surface area contributed by atoms with Crippen molar-refractivity contribution in [1.82, 2.24) is 0 Å². The summed E-state index contributed by atoms with van der Waals surface area (Å²) in [6.45, 7) is 7.45. The second-order valence-electron chi connectivity index (χ2n) is 3.92. The Morgan fingerprint density at radius 3 is 2.25 bits per heavy atom. The normalized spacial score (nSPS) is 9.50. The van der Waals surface area contributed by atoms with E-state index in [2.05, 4.69) is 15.3 Å². The Balaban J connectivity index is 2.66. The Labute approximate surface area is 95.3 Å². The van der Waals surface area contributed by atoms with Gasteiger partial charge in [-0.15, -0.1) is 0 Å². The van der Waals surface area contributed by atoms with Crippen LogP contribution in [0.15, 0.2) is 23.4 Å². The topological polar surface area (TPSA) is 50.7 Å². The van der Waals surface area contributed by atoms with Gasteiger partial charge < -0.3 is 0 Å². The maximum atomic E-state index is 11.3. The summed E-state index contributed by atoms with van der Waals surface area (Å²) in [5.41, 5.74) is 3.58. The maximum absolute atomic E-state index is 11.3. The van der Waals surface area contributed by atoms with Crippen LogP contribution < -0.4 is 5.32 Å². The lowest BCUT2D eigenvalue weighted by Crippen LogP contribution is -2.11. The van der Waals surface area contributed by atoms with Crippen LogP contribution in [-0.2, 0) is 4.84 Å². The Morgan fingerprint density at radius 1 is 1.19 bits per heavy atom. The van der Waals surface area contributed by atoms with Crippen molar-refractivity contribution in [2.24, 2.45) is 5.16 Å². The summed E-state index contributed by atoms with van der Waals surface area (Å²) < 4.78 is 0. The van der Waals surface area contributed by atoms with Crippen molar-refractivity contribution in [1.29, 1.82) is 0 Å². The number of rotatable bonds is 2. The van der Waals surface area contributed by atoms with Crippen LogP contribution in [0.1, 0.15) is 25.0 Å². The minimum Gasteiger partial charge on any atom is -0.298 e. The fraction of sp³-hybridized carbons (Fsp3) is 0.333. The summed E-state index contributed by atoms with van der Waals surface area (Å²) in [4.78, 5) is 15.9. The molecule has 1 aromatic rings. The lowest BCUT2D eigenvalue weighted by atomic mass is 10.1. The fourth-order valence-electron chi connectivity index (χ4n) is 1.32. The van der Waals surface area contributed by atoms with E-state index in [1.165, 1.54) is 0 Å². The molecule has 0 atom stereocenters. The highest BCUT2D eigenvalue weighted by atomic mass is 16.7. The molecular formula is C12H16N2O2. The molecule has 1 aromatic carbocycles. The van der Waals surface area contributed by atoms with Crippen LogP contribution >= 0.6 is 0 Å². The van der Waals surface area contributed by atoms with Gasteiger partial charge in [0.25, 0.3) is 0 Å². The number of aryl methyl sites for hydroxylation is 2. The van der Waals surface area contributed by atoms with Crippen molar-refractivity contribution in [2.75, 3.05) is 5.32 Å². The minimum atomic E-state index is -0.578. The molecule has 16 heavy (non-hydrogen) atoms. The number of carbonyl (C=O) groups is 1. The zero-order valence-corrected chi connectivity index (χ0v) is 10.00. The molecule has 0 fully saturated rings. The van der Waals surface area contributed by atoms with Crippen molar-refractivity contribution < 1.29 is 9.63 Å². The molecule has 0 aliphatic heterocycles. The number of nitrogens with zero attached hydrogens (tertiary/aromatic N) is 1. The second kappa shape index (κ2) is 5.30. The number of amides is 1. The zero-order chi connectivity index (χ0) is 12.1. The molecule has 0 aromatic heterocycles. The minimum absolute atomic E-state index is 0.578. The predicted molar refractivity (Wildman–Crippen MR) is 64.8 cm³/mol. The smallest absolute Gasteiger partial charge is 0.298 e. The highest BCUT2D eigenvalue weighted by Gasteiger charge is 2.03. The lowest BCUT2D eigenvalue weighted by Gasteiger charge is -2.05. The number of carbonyl (C=O) groups excluding carboxylic acids is 1. The quantitative estimate of drug-likeness (QED) is 0.472. The molecule has 86 valence electrons. The largest absolute Gasteiger partial charge is 0.437 e. The van der Waals surface area contributed by atoms with Gasteiger partial charge >= 0.3 is 6.09 Å². The van der Waals surface area contributed by atoms with Gasteiger partial charge in [0.2, 0.25) is 0 Å². The average Bonchev–Trinajstić information content (AvgIpc) is 2.12. The molecule has 1 N–H and O–H groups in total. The van der Waals surface area contributed by atoms with Crippen molar-refractivity contribution in [2.45, 2.75) is 27.7 Å². The van der Waals surface area contributed by atoms with Gasteiger partial charge in [-0.3, -0.25) is 10.2 Å². The molecule has 0 saturated heterocycles. The van der Waals surface area contributed by atoms with Crippen LogP contribution in [-0.4, -0.2) is 11.8 Å². The van der Waals surface area contributed by atoms with E-state index in [0.29, 0.717) is 11.4 Å². The standard InChI is InChI=1S/C12H16N2O2/c1-8(2)14-16-12(15)13-11-6-9(3)5-10(4)7-11/h5-7H,1-4H3,(H,13,15). The van der Waals surface area contributed by atoms with Crippen LogP contribution in [0.2, 0.25) is 0 Å². The van der Waals surface area contributed by atoms with E-state index in [1.54, 1.807) is 13.8 Å². The third-order valence-corrected chi connectivity index (χ3v) is 1.78. The van der Waals surface area contributed by atoms with Gasteiger partial charge in [-0.2, -0.15) is 0 Å². The third kappa shape index (κ3) is 4.13. The molecule has 4 nitrogen and oxygen atoms in total. The first-order chi connectivity index (χ1) is 7.47. The molecule has 0 radical (unpaired) electrons. The van der Waals surface area contributed by atoms with Crippen molar-refractivity contribution in [3.05, 3.63) is 29.3 Å². The Hall–Kier alpha value is -1.84. The van der Waals surface area contributed by atoms with E-state index in [0.717, 1.165) is 11.1 Å². The average molecular weight is 220 g/mol. The molecule has 1 rings (SSSR count). The van der Waals surface area contributed by atoms with Crippen LogP contribution in [0.5, 0.6) is 0 Å².